The van der Waals surface area contributed by atoms with E-state index in [1.54, 1.807) is 12.1 Å². The molecule has 1 saturated heterocycles. The molecule has 3 heterocycles. The van der Waals surface area contributed by atoms with Crippen LogP contribution in [0.1, 0.15) is 25.0 Å². The average molecular weight is 350 g/mol. The summed E-state index contributed by atoms with van der Waals surface area (Å²) in [6, 6.07) is 4.78. The molecule has 1 aromatic rings. The molecular formula is C15H18N4O4S. The molecule has 1 fully saturated rings. The van der Waals surface area contributed by atoms with Crippen molar-refractivity contribution in [2.24, 2.45) is 5.10 Å². The van der Waals surface area contributed by atoms with Gasteiger partial charge in [-0.3, -0.25) is 9.59 Å². The van der Waals surface area contributed by atoms with Gasteiger partial charge >= 0.3 is 0 Å². The molecule has 8 nitrogen and oxygen atoms in total. The Morgan fingerprint density at radius 3 is 2.79 bits per heavy atom. The zero-order chi connectivity index (χ0) is 17.3. The maximum atomic E-state index is 12.3. The number of aromatic nitrogens is 1. The van der Waals surface area contributed by atoms with E-state index in [0.29, 0.717) is 12.2 Å². The lowest BCUT2D eigenvalue weighted by atomic mass is 10.1. The van der Waals surface area contributed by atoms with Gasteiger partial charge in [0.05, 0.1) is 17.5 Å². The van der Waals surface area contributed by atoms with Crippen LogP contribution in [0, 0.1) is 6.92 Å². The first-order valence-corrected chi connectivity index (χ1v) is 9.51. The Labute approximate surface area is 139 Å². The molecule has 2 amide bonds. The van der Waals surface area contributed by atoms with Gasteiger partial charge in [0, 0.05) is 18.5 Å². The molecule has 9 heteroatoms. The average Bonchev–Trinajstić information content (AvgIpc) is 2.87. The van der Waals surface area contributed by atoms with Crippen LogP contribution in [0.2, 0.25) is 0 Å². The van der Waals surface area contributed by atoms with Gasteiger partial charge in [-0.25, -0.2) is 18.4 Å². The normalized spacial score (nSPS) is 23.0. The molecule has 0 unspecified atom stereocenters. The molecule has 128 valence electrons. The number of hydrogen-bond donors (Lipinski definition) is 1. The first-order chi connectivity index (χ1) is 11.3. The van der Waals surface area contributed by atoms with E-state index in [4.69, 9.17) is 0 Å². The Bertz CT molecular complexity index is 819. The fourth-order valence-electron chi connectivity index (χ4n) is 2.79. The van der Waals surface area contributed by atoms with Crippen molar-refractivity contribution in [3.8, 4) is 0 Å². The van der Waals surface area contributed by atoms with Gasteiger partial charge < -0.3 is 5.32 Å². The third-order valence-corrected chi connectivity index (χ3v) is 5.76. The molecule has 2 aliphatic rings. The Morgan fingerprint density at radius 1 is 1.33 bits per heavy atom. The number of sulfone groups is 1. The number of pyridine rings is 1. The maximum absolute atomic E-state index is 12.3. The number of nitrogens with zero attached hydrogens (tertiary/aromatic N) is 3. The third kappa shape index (κ3) is 3.61. The number of hydrogen-bond acceptors (Lipinski definition) is 6. The first-order valence-electron chi connectivity index (χ1n) is 7.69. The summed E-state index contributed by atoms with van der Waals surface area (Å²) in [4.78, 5) is 28.6. The SMILES string of the molecule is Cc1cccc(NC(=O)C2=NN([C@H]3CCS(=O)(=O)C3)C(=O)CC2)n1. The van der Waals surface area contributed by atoms with Gasteiger partial charge in [0.2, 0.25) is 5.91 Å². The molecule has 0 saturated carbocycles. The second-order valence-corrected chi connectivity index (χ2v) is 8.19. The van der Waals surface area contributed by atoms with Gasteiger partial charge in [0.15, 0.2) is 9.84 Å². The molecule has 1 N–H and O–H groups in total. The standard InChI is InChI=1S/C15H18N4O4S/c1-10-3-2-4-13(16-10)17-15(21)12-5-6-14(20)19(18-12)11-7-8-24(22,23)9-11/h2-4,11H,5-9H2,1H3,(H,16,17,21)/t11-/m0/s1. The summed E-state index contributed by atoms with van der Waals surface area (Å²) >= 11 is 0. The zero-order valence-corrected chi connectivity index (χ0v) is 14.0. The summed E-state index contributed by atoms with van der Waals surface area (Å²) in [7, 11) is -3.13. The van der Waals surface area contributed by atoms with Gasteiger partial charge in [-0.2, -0.15) is 5.10 Å². The molecule has 1 atom stereocenters. The largest absolute Gasteiger partial charge is 0.305 e. The van der Waals surface area contributed by atoms with E-state index in [1.165, 1.54) is 5.01 Å². The second-order valence-electron chi connectivity index (χ2n) is 5.96. The van der Waals surface area contributed by atoms with E-state index < -0.39 is 21.8 Å². The van der Waals surface area contributed by atoms with Gasteiger partial charge in [-0.15, -0.1) is 0 Å². The van der Waals surface area contributed by atoms with Crippen molar-refractivity contribution in [3.63, 3.8) is 0 Å². The van der Waals surface area contributed by atoms with Gasteiger partial charge in [0.1, 0.15) is 11.5 Å². The second kappa shape index (κ2) is 6.31. The van der Waals surface area contributed by atoms with E-state index in [1.807, 2.05) is 13.0 Å². The van der Waals surface area contributed by atoms with Crippen LogP contribution >= 0.6 is 0 Å². The Hall–Kier alpha value is -2.29. The van der Waals surface area contributed by atoms with E-state index in [-0.39, 0.29) is 36.0 Å². The number of nitrogens with one attached hydrogen (secondary N) is 1. The fourth-order valence-corrected chi connectivity index (χ4v) is 4.48. The molecule has 0 bridgehead atoms. The highest BCUT2D eigenvalue weighted by atomic mass is 32.2. The number of amides is 2. The highest BCUT2D eigenvalue weighted by molar-refractivity contribution is 7.91. The minimum atomic E-state index is -3.13. The summed E-state index contributed by atoms with van der Waals surface area (Å²) in [5.74, 6) is -0.314. The van der Waals surface area contributed by atoms with Crippen LogP contribution in [-0.2, 0) is 19.4 Å². The van der Waals surface area contributed by atoms with Crippen molar-refractivity contribution < 1.29 is 18.0 Å². The Balaban J connectivity index is 1.76. The summed E-state index contributed by atoms with van der Waals surface area (Å²) in [5, 5.41) is 7.96. The van der Waals surface area contributed by atoms with Crippen molar-refractivity contribution >= 4 is 33.2 Å². The van der Waals surface area contributed by atoms with E-state index >= 15 is 0 Å². The number of carbonyl (C=O) groups is 2. The van der Waals surface area contributed by atoms with Crippen molar-refractivity contribution in [3.05, 3.63) is 23.9 Å². The summed E-state index contributed by atoms with van der Waals surface area (Å²) in [5.41, 5.74) is 0.980. The molecule has 0 aromatic carbocycles. The molecular weight excluding hydrogens is 332 g/mol. The van der Waals surface area contributed by atoms with Gasteiger partial charge in [-0.1, -0.05) is 6.07 Å². The van der Waals surface area contributed by atoms with E-state index in [9.17, 15) is 18.0 Å². The van der Waals surface area contributed by atoms with Gasteiger partial charge in [-0.05, 0) is 25.5 Å². The molecule has 0 aliphatic carbocycles. The smallest absolute Gasteiger partial charge is 0.273 e. The molecule has 2 aliphatic heterocycles. The van der Waals surface area contributed by atoms with Crippen LogP contribution in [0.25, 0.3) is 0 Å². The number of anilines is 1. The Morgan fingerprint density at radius 2 is 2.12 bits per heavy atom. The van der Waals surface area contributed by atoms with Crippen LogP contribution in [0.3, 0.4) is 0 Å². The van der Waals surface area contributed by atoms with Crippen LogP contribution in [-0.4, -0.2) is 53.5 Å². The number of hydrazone groups is 1. The summed E-state index contributed by atoms with van der Waals surface area (Å²) < 4.78 is 23.2. The lowest BCUT2D eigenvalue weighted by molar-refractivity contribution is -0.133. The van der Waals surface area contributed by atoms with Crippen LogP contribution in [0.4, 0.5) is 5.82 Å². The highest BCUT2D eigenvalue weighted by Crippen LogP contribution is 2.22. The lowest BCUT2D eigenvalue weighted by Crippen LogP contribution is -2.42. The predicted molar refractivity (Wildman–Crippen MR) is 88.2 cm³/mol. The van der Waals surface area contributed by atoms with E-state index in [2.05, 4.69) is 15.4 Å². The zero-order valence-electron chi connectivity index (χ0n) is 13.2. The Kier molecular flexibility index (Phi) is 4.35. The first kappa shape index (κ1) is 16.6. The van der Waals surface area contributed by atoms with Gasteiger partial charge in [0.25, 0.3) is 5.91 Å². The van der Waals surface area contributed by atoms with Crippen molar-refractivity contribution in [2.75, 3.05) is 16.8 Å². The monoisotopic (exact) mass is 350 g/mol. The van der Waals surface area contributed by atoms with Crippen molar-refractivity contribution in [1.82, 2.24) is 9.99 Å². The number of carbonyl (C=O) groups excluding carboxylic acids is 2. The third-order valence-electron chi connectivity index (χ3n) is 4.01. The summed E-state index contributed by atoms with van der Waals surface area (Å²) in [6.45, 7) is 1.81. The maximum Gasteiger partial charge on any atom is 0.273 e. The molecule has 0 spiro atoms. The fraction of sp³-hybridized carbons (Fsp3) is 0.467. The van der Waals surface area contributed by atoms with E-state index in [0.717, 1.165) is 5.69 Å². The predicted octanol–water partition coefficient (Wildman–Crippen LogP) is 0.494. The molecule has 24 heavy (non-hydrogen) atoms. The lowest BCUT2D eigenvalue weighted by Gasteiger charge is -2.27. The molecule has 1 aromatic heterocycles. The quantitative estimate of drug-likeness (QED) is 0.853. The minimum absolute atomic E-state index is 0.0473. The van der Waals surface area contributed by atoms with Crippen LogP contribution in [0.15, 0.2) is 23.3 Å². The number of rotatable bonds is 3. The van der Waals surface area contributed by atoms with Crippen molar-refractivity contribution in [1.29, 1.82) is 0 Å². The minimum Gasteiger partial charge on any atom is -0.305 e. The molecule has 0 radical (unpaired) electrons. The summed E-state index contributed by atoms with van der Waals surface area (Å²) in [6.07, 6.45) is 0.725. The van der Waals surface area contributed by atoms with Crippen molar-refractivity contribution in [2.45, 2.75) is 32.2 Å². The topological polar surface area (TPSA) is 109 Å². The van der Waals surface area contributed by atoms with Crippen LogP contribution < -0.4 is 5.32 Å². The number of aryl methyl sites for hydroxylation is 1. The molecule has 3 rings (SSSR count). The van der Waals surface area contributed by atoms with Crippen LogP contribution in [0.5, 0.6) is 0 Å². The highest BCUT2D eigenvalue weighted by Gasteiger charge is 2.37.